The number of carbonyl (C=O) groups excluding carboxylic acids is 1. The highest BCUT2D eigenvalue weighted by Crippen LogP contribution is 2.32. The second kappa shape index (κ2) is 5.76. The van der Waals surface area contributed by atoms with Gasteiger partial charge in [-0.05, 0) is 42.1 Å². The van der Waals surface area contributed by atoms with Gasteiger partial charge in [-0.15, -0.1) is 0 Å². The molecule has 5 heteroatoms. The zero-order valence-corrected chi connectivity index (χ0v) is 12.6. The van der Waals surface area contributed by atoms with E-state index in [2.05, 4.69) is 4.98 Å². The molecular weight excluding hydrogens is 300 g/mol. The zero-order valence-electron chi connectivity index (χ0n) is 12.6. The van der Waals surface area contributed by atoms with Gasteiger partial charge in [0.2, 0.25) is 0 Å². The molecule has 0 spiro atoms. The topological polar surface area (TPSA) is 39.2 Å². The van der Waals surface area contributed by atoms with E-state index in [1.807, 2.05) is 6.92 Å². The maximum Gasteiger partial charge on any atom is 0.337 e. The van der Waals surface area contributed by atoms with E-state index >= 15 is 0 Å². The third-order valence-electron chi connectivity index (χ3n) is 3.71. The maximum atomic E-state index is 14.1. The van der Waals surface area contributed by atoms with Crippen molar-refractivity contribution in [2.45, 2.75) is 6.92 Å². The summed E-state index contributed by atoms with van der Waals surface area (Å²) < 4.78 is 32.9. The average Bonchev–Trinajstić information content (AvgIpc) is 2.55. The molecule has 0 bridgehead atoms. The molecule has 0 fully saturated rings. The van der Waals surface area contributed by atoms with Crippen LogP contribution in [0.1, 0.15) is 15.9 Å². The van der Waals surface area contributed by atoms with Crippen LogP contribution in [0.25, 0.3) is 22.0 Å². The second-order valence-corrected chi connectivity index (χ2v) is 5.14. The number of hydrogen-bond donors (Lipinski definition) is 0. The Hall–Kier alpha value is -2.82. The zero-order chi connectivity index (χ0) is 16.6. The van der Waals surface area contributed by atoms with E-state index in [0.29, 0.717) is 10.9 Å². The van der Waals surface area contributed by atoms with Crippen molar-refractivity contribution in [3.8, 4) is 11.3 Å². The lowest BCUT2D eigenvalue weighted by Gasteiger charge is -2.11. The quantitative estimate of drug-likeness (QED) is 0.663. The van der Waals surface area contributed by atoms with Crippen molar-refractivity contribution in [2.75, 3.05) is 7.11 Å². The van der Waals surface area contributed by atoms with E-state index in [9.17, 15) is 13.6 Å². The van der Waals surface area contributed by atoms with Crippen LogP contribution in [0.2, 0.25) is 0 Å². The summed E-state index contributed by atoms with van der Waals surface area (Å²) in [7, 11) is 1.28. The SMILES string of the molecule is COC(=O)c1ccc2c(C)cnc(-c3c(F)cccc3F)c2c1. The van der Waals surface area contributed by atoms with Gasteiger partial charge in [-0.25, -0.2) is 13.6 Å². The number of nitrogens with zero attached hydrogens (tertiary/aromatic N) is 1. The van der Waals surface area contributed by atoms with Gasteiger partial charge in [0.15, 0.2) is 0 Å². The van der Waals surface area contributed by atoms with Crippen LogP contribution in [0.4, 0.5) is 8.78 Å². The van der Waals surface area contributed by atoms with E-state index in [4.69, 9.17) is 4.74 Å². The molecule has 3 aromatic rings. The maximum absolute atomic E-state index is 14.1. The van der Waals surface area contributed by atoms with Gasteiger partial charge in [-0.1, -0.05) is 12.1 Å². The van der Waals surface area contributed by atoms with Crippen LogP contribution < -0.4 is 0 Å². The minimum Gasteiger partial charge on any atom is -0.465 e. The molecule has 116 valence electrons. The molecule has 1 aromatic heterocycles. The van der Waals surface area contributed by atoms with Crippen LogP contribution in [0.15, 0.2) is 42.6 Å². The number of esters is 1. The molecule has 0 radical (unpaired) electrons. The van der Waals surface area contributed by atoms with Crippen LogP contribution in [-0.4, -0.2) is 18.1 Å². The summed E-state index contributed by atoms with van der Waals surface area (Å²) in [5.74, 6) is -1.93. The summed E-state index contributed by atoms with van der Waals surface area (Å²) in [6, 6.07) is 8.53. The van der Waals surface area contributed by atoms with Crippen molar-refractivity contribution < 1.29 is 18.3 Å². The number of ether oxygens (including phenoxy) is 1. The van der Waals surface area contributed by atoms with E-state index in [0.717, 1.165) is 10.9 Å². The van der Waals surface area contributed by atoms with Gasteiger partial charge in [-0.3, -0.25) is 4.98 Å². The summed E-state index contributed by atoms with van der Waals surface area (Å²) >= 11 is 0. The first kappa shape index (κ1) is 15.1. The van der Waals surface area contributed by atoms with Crippen LogP contribution >= 0.6 is 0 Å². The molecule has 3 rings (SSSR count). The fourth-order valence-electron chi connectivity index (χ4n) is 2.55. The molecule has 23 heavy (non-hydrogen) atoms. The normalized spacial score (nSPS) is 10.8. The fourth-order valence-corrected chi connectivity index (χ4v) is 2.55. The van der Waals surface area contributed by atoms with Crippen LogP contribution in [0.5, 0.6) is 0 Å². The van der Waals surface area contributed by atoms with Gasteiger partial charge in [0.05, 0.1) is 23.9 Å². The summed E-state index contributed by atoms with van der Waals surface area (Å²) in [6.45, 7) is 1.84. The molecule has 0 aliphatic carbocycles. The average molecular weight is 313 g/mol. The summed E-state index contributed by atoms with van der Waals surface area (Å²) in [5, 5.41) is 1.27. The number of aromatic nitrogens is 1. The van der Waals surface area contributed by atoms with E-state index in [1.54, 1.807) is 24.4 Å². The standard InChI is InChI=1S/C18H13F2NO2/c1-10-9-21-17(16-14(19)4-3-5-15(16)20)13-8-11(18(22)23-2)6-7-12(10)13/h3-9H,1-2H3. The van der Waals surface area contributed by atoms with Gasteiger partial charge >= 0.3 is 5.97 Å². The molecule has 0 amide bonds. The van der Waals surface area contributed by atoms with Crippen molar-refractivity contribution >= 4 is 16.7 Å². The number of benzene rings is 2. The van der Waals surface area contributed by atoms with E-state index in [-0.39, 0.29) is 11.3 Å². The lowest BCUT2D eigenvalue weighted by atomic mass is 9.98. The Labute approximate surface area is 131 Å². The molecule has 0 saturated carbocycles. The largest absolute Gasteiger partial charge is 0.465 e. The smallest absolute Gasteiger partial charge is 0.337 e. The molecule has 0 N–H and O–H groups in total. The first-order valence-electron chi connectivity index (χ1n) is 6.95. The van der Waals surface area contributed by atoms with Crippen molar-refractivity contribution in [3.63, 3.8) is 0 Å². The molecular formula is C18H13F2NO2. The number of methoxy groups -OCH3 is 1. The summed E-state index contributed by atoms with van der Waals surface area (Å²) in [4.78, 5) is 15.9. The third kappa shape index (κ3) is 2.54. The Balaban J connectivity index is 2.37. The Morgan fingerprint density at radius 2 is 1.78 bits per heavy atom. The van der Waals surface area contributed by atoms with Crippen LogP contribution in [-0.2, 0) is 4.74 Å². The van der Waals surface area contributed by atoms with Crippen molar-refractivity contribution in [2.24, 2.45) is 0 Å². The van der Waals surface area contributed by atoms with Crippen LogP contribution in [0, 0.1) is 18.6 Å². The predicted molar refractivity (Wildman–Crippen MR) is 83.2 cm³/mol. The lowest BCUT2D eigenvalue weighted by Crippen LogP contribution is -2.02. The Bertz CT molecular complexity index is 902. The highest BCUT2D eigenvalue weighted by Gasteiger charge is 2.17. The number of halogens is 2. The first-order chi connectivity index (χ1) is 11.0. The monoisotopic (exact) mass is 313 g/mol. The first-order valence-corrected chi connectivity index (χ1v) is 6.95. The van der Waals surface area contributed by atoms with Gasteiger partial charge in [-0.2, -0.15) is 0 Å². The molecule has 0 saturated heterocycles. The number of aryl methyl sites for hydroxylation is 1. The van der Waals surface area contributed by atoms with Crippen molar-refractivity contribution in [1.29, 1.82) is 0 Å². The minimum atomic E-state index is -0.703. The second-order valence-electron chi connectivity index (χ2n) is 5.14. The molecule has 2 aromatic carbocycles. The molecule has 1 heterocycles. The summed E-state index contributed by atoms with van der Waals surface area (Å²) in [6.07, 6.45) is 1.56. The highest BCUT2D eigenvalue weighted by molar-refractivity contribution is 6.01. The highest BCUT2D eigenvalue weighted by atomic mass is 19.1. The Morgan fingerprint density at radius 3 is 2.43 bits per heavy atom. The number of hydrogen-bond acceptors (Lipinski definition) is 3. The molecule has 0 aliphatic heterocycles. The third-order valence-corrected chi connectivity index (χ3v) is 3.71. The molecule has 0 atom stereocenters. The molecule has 0 aliphatic rings. The van der Waals surface area contributed by atoms with E-state index in [1.165, 1.54) is 25.3 Å². The minimum absolute atomic E-state index is 0.159. The fraction of sp³-hybridized carbons (Fsp3) is 0.111. The Kier molecular flexibility index (Phi) is 3.78. The Morgan fingerprint density at radius 1 is 1.09 bits per heavy atom. The summed E-state index contributed by atoms with van der Waals surface area (Å²) in [5.41, 5.74) is 1.09. The van der Waals surface area contributed by atoms with Crippen LogP contribution in [0.3, 0.4) is 0 Å². The van der Waals surface area contributed by atoms with Gasteiger partial charge in [0.25, 0.3) is 0 Å². The number of carbonyl (C=O) groups is 1. The van der Waals surface area contributed by atoms with Crippen molar-refractivity contribution in [1.82, 2.24) is 4.98 Å². The van der Waals surface area contributed by atoms with E-state index < -0.39 is 17.6 Å². The van der Waals surface area contributed by atoms with Crippen molar-refractivity contribution in [3.05, 3.63) is 65.4 Å². The predicted octanol–water partition coefficient (Wildman–Crippen LogP) is 4.28. The number of pyridine rings is 1. The number of rotatable bonds is 2. The van der Waals surface area contributed by atoms with Gasteiger partial charge in [0.1, 0.15) is 11.6 Å². The lowest BCUT2D eigenvalue weighted by molar-refractivity contribution is 0.0601. The molecule has 0 unspecified atom stereocenters. The van der Waals surface area contributed by atoms with Gasteiger partial charge < -0.3 is 4.74 Å². The molecule has 3 nitrogen and oxygen atoms in total. The van der Waals surface area contributed by atoms with Gasteiger partial charge in [0, 0.05) is 11.6 Å². The number of fused-ring (bicyclic) bond motifs is 1.